The first kappa shape index (κ1) is 20.9. The topological polar surface area (TPSA) is 54.3 Å². The lowest BCUT2D eigenvalue weighted by molar-refractivity contribution is 0.0954. The van der Waals surface area contributed by atoms with Crippen LogP contribution in [0.1, 0.15) is 55.6 Å². The van der Waals surface area contributed by atoms with Crippen molar-refractivity contribution in [1.29, 1.82) is 0 Å². The number of piperidine rings is 1. The van der Waals surface area contributed by atoms with Crippen LogP contribution in [0.4, 0.5) is 0 Å². The van der Waals surface area contributed by atoms with Crippen molar-refractivity contribution < 1.29 is 4.79 Å². The molecule has 0 unspecified atom stereocenters. The van der Waals surface area contributed by atoms with Gasteiger partial charge in [0.25, 0.3) is 11.5 Å². The molecule has 1 fully saturated rings. The second-order valence-corrected chi connectivity index (χ2v) is 9.33. The number of benzene rings is 1. The van der Waals surface area contributed by atoms with Crippen molar-refractivity contribution in [2.45, 2.75) is 46.1 Å². The number of nitrogens with zero attached hydrogens (tertiary/aromatic N) is 2. The molecular weight excluding hydrogens is 374 g/mol. The molecular formula is C25H33N3O2. The van der Waals surface area contributed by atoms with Gasteiger partial charge in [-0.25, -0.2) is 0 Å². The lowest BCUT2D eigenvalue weighted by Gasteiger charge is -2.43. The molecule has 5 nitrogen and oxygen atoms in total. The fourth-order valence-electron chi connectivity index (χ4n) is 5.15. The number of aromatic nitrogens is 1. The van der Waals surface area contributed by atoms with Crippen molar-refractivity contribution in [3.63, 3.8) is 0 Å². The number of amides is 1. The molecule has 2 aliphatic heterocycles. The Morgan fingerprint density at radius 3 is 2.73 bits per heavy atom. The zero-order valence-corrected chi connectivity index (χ0v) is 18.4. The molecule has 0 spiro atoms. The third-order valence-electron chi connectivity index (χ3n) is 6.27. The van der Waals surface area contributed by atoms with Crippen LogP contribution >= 0.6 is 0 Å². The SMILES string of the molecule is CCCNC(=O)c1ccccc1-c1cc2n(c(=O)c1)C[C@H]1C[C@@H]2CN(CC(C)C)C1. The Bertz CT molecular complexity index is 979. The fourth-order valence-corrected chi connectivity index (χ4v) is 5.15. The van der Waals surface area contributed by atoms with Gasteiger partial charge in [-0.2, -0.15) is 0 Å². The number of carbonyl (C=O) groups excluding carboxylic acids is 1. The van der Waals surface area contributed by atoms with Crippen LogP contribution in [0.5, 0.6) is 0 Å². The van der Waals surface area contributed by atoms with E-state index in [1.54, 1.807) is 6.07 Å². The summed E-state index contributed by atoms with van der Waals surface area (Å²) in [6, 6.07) is 11.5. The van der Waals surface area contributed by atoms with E-state index in [0.717, 1.165) is 55.8 Å². The lowest BCUT2D eigenvalue weighted by atomic mass is 9.82. The molecule has 1 aromatic carbocycles. The van der Waals surface area contributed by atoms with Crippen LogP contribution < -0.4 is 10.9 Å². The summed E-state index contributed by atoms with van der Waals surface area (Å²) in [4.78, 5) is 28.3. The molecule has 1 amide bonds. The Hall–Kier alpha value is -2.40. The number of likely N-dealkylation sites (tertiary alicyclic amines) is 1. The highest BCUT2D eigenvalue weighted by Crippen LogP contribution is 2.37. The van der Waals surface area contributed by atoms with E-state index < -0.39 is 0 Å². The second kappa shape index (κ2) is 8.76. The van der Waals surface area contributed by atoms with Crippen molar-refractivity contribution in [2.24, 2.45) is 11.8 Å². The van der Waals surface area contributed by atoms with Gasteiger partial charge in [0.15, 0.2) is 0 Å². The Labute approximate surface area is 179 Å². The molecule has 2 aromatic rings. The van der Waals surface area contributed by atoms with E-state index in [-0.39, 0.29) is 11.5 Å². The number of rotatable bonds is 6. The number of nitrogens with one attached hydrogen (secondary N) is 1. The van der Waals surface area contributed by atoms with Gasteiger partial charge < -0.3 is 14.8 Å². The highest BCUT2D eigenvalue weighted by Gasteiger charge is 2.35. The minimum atomic E-state index is -0.0777. The number of fused-ring (bicyclic) bond motifs is 4. The predicted octanol–water partition coefficient (Wildman–Crippen LogP) is 3.73. The maximum absolute atomic E-state index is 13.1. The maximum Gasteiger partial charge on any atom is 0.251 e. The van der Waals surface area contributed by atoms with Gasteiger partial charge in [0.05, 0.1) is 0 Å². The lowest BCUT2D eigenvalue weighted by Crippen LogP contribution is -2.48. The molecule has 0 aliphatic carbocycles. The minimum absolute atomic E-state index is 0.0540. The quantitative estimate of drug-likeness (QED) is 0.794. The molecule has 2 atom stereocenters. The first-order valence-corrected chi connectivity index (χ1v) is 11.3. The molecule has 2 aliphatic rings. The fraction of sp³-hybridized carbons (Fsp3) is 0.520. The van der Waals surface area contributed by atoms with Crippen LogP contribution in [0.15, 0.2) is 41.2 Å². The van der Waals surface area contributed by atoms with Crippen molar-refractivity contribution >= 4 is 5.91 Å². The molecule has 30 heavy (non-hydrogen) atoms. The van der Waals surface area contributed by atoms with Gasteiger partial charge in [-0.15, -0.1) is 0 Å². The van der Waals surface area contributed by atoms with E-state index in [4.69, 9.17) is 0 Å². The van der Waals surface area contributed by atoms with E-state index >= 15 is 0 Å². The average Bonchev–Trinajstić information content (AvgIpc) is 2.72. The van der Waals surface area contributed by atoms with E-state index in [0.29, 0.717) is 29.9 Å². The van der Waals surface area contributed by atoms with Crippen LogP contribution in [0, 0.1) is 11.8 Å². The average molecular weight is 408 g/mol. The Morgan fingerprint density at radius 2 is 1.97 bits per heavy atom. The molecule has 0 saturated carbocycles. The van der Waals surface area contributed by atoms with E-state index in [1.165, 1.54) is 0 Å². The monoisotopic (exact) mass is 407 g/mol. The smallest absolute Gasteiger partial charge is 0.251 e. The van der Waals surface area contributed by atoms with E-state index in [9.17, 15) is 9.59 Å². The van der Waals surface area contributed by atoms with Crippen LogP contribution in [-0.4, -0.2) is 41.6 Å². The maximum atomic E-state index is 13.1. The Balaban J connectivity index is 1.70. The van der Waals surface area contributed by atoms with Gasteiger partial charge in [0.1, 0.15) is 0 Å². The summed E-state index contributed by atoms with van der Waals surface area (Å²) in [6.45, 7) is 11.2. The van der Waals surface area contributed by atoms with Gasteiger partial charge in [-0.05, 0) is 47.9 Å². The molecule has 1 aromatic heterocycles. The summed E-state index contributed by atoms with van der Waals surface area (Å²) in [6.07, 6.45) is 2.04. The Morgan fingerprint density at radius 1 is 1.17 bits per heavy atom. The third-order valence-corrected chi connectivity index (χ3v) is 6.27. The summed E-state index contributed by atoms with van der Waals surface area (Å²) < 4.78 is 1.98. The highest BCUT2D eigenvalue weighted by molar-refractivity contribution is 6.00. The summed E-state index contributed by atoms with van der Waals surface area (Å²) >= 11 is 0. The van der Waals surface area contributed by atoms with Gasteiger partial charge in [-0.1, -0.05) is 39.0 Å². The number of hydrogen-bond donors (Lipinski definition) is 1. The molecule has 3 heterocycles. The van der Waals surface area contributed by atoms with E-state index in [1.807, 2.05) is 35.8 Å². The first-order chi connectivity index (χ1) is 14.5. The summed E-state index contributed by atoms with van der Waals surface area (Å²) in [7, 11) is 0. The third kappa shape index (κ3) is 4.22. The number of hydrogen-bond acceptors (Lipinski definition) is 3. The van der Waals surface area contributed by atoms with Crippen LogP contribution in [-0.2, 0) is 6.54 Å². The molecule has 5 heteroatoms. The normalized spacial score (nSPS) is 20.8. The minimum Gasteiger partial charge on any atom is -0.352 e. The molecule has 0 radical (unpaired) electrons. The number of carbonyl (C=O) groups is 1. The van der Waals surface area contributed by atoms with Crippen molar-refractivity contribution in [1.82, 2.24) is 14.8 Å². The summed E-state index contributed by atoms with van der Waals surface area (Å²) in [5.74, 6) is 1.49. The van der Waals surface area contributed by atoms with Crippen molar-refractivity contribution in [3.05, 3.63) is 58.0 Å². The second-order valence-electron chi connectivity index (χ2n) is 9.33. The summed E-state index contributed by atoms with van der Waals surface area (Å²) in [5.41, 5.74) is 3.51. The predicted molar refractivity (Wildman–Crippen MR) is 121 cm³/mol. The van der Waals surface area contributed by atoms with Gasteiger partial charge >= 0.3 is 0 Å². The standard InChI is InChI=1S/C25H33N3O2/c1-4-9-26-25(30)22-8-6-5-7-21(22)19-11-23-20-10-18(15-28(23)24(29)12-19)14-27(16-20)13-17(2)3/h5-8,11-12,17-18,20H,4,9-10,13-16H2,1-3H3,(H,26,30)/t18-,20+/m0/s1. The van der Waals surface area contributed by atoms with Gasteiger partial charge in [0, 0.05) is 56.0 Å². The summed E-state index contributed by atoms with van der Waals surface area (Å²) in [5, 5.41) is 2.97. The molecule has 160 valence electrons. The molecule has 1 saturated heterocycles. The zero-order chi connectivity index (χ0) is 21.3. The zero-order valence-electron chi connectivity index (χ0n) is 18.4. The largest absolute Gasteiger partial charge is 0.352 e. The van der Waals surface area contributed by atoms with Crippen molar-refractivity contribution in [3.8, 4) is 11.1 Å². The molecule has 2 bridgehead atoms. The first-order valence-electron chi connectivity index (χ1n) is 11.3. The molecule has 4 rings (SSSR count). The highest BCUT2D eigenvalue weighted by atomic mass is 16.1. The van der Waals surface area contributed by atoms with Crippen LogP contribution in [0.2, 0.25) is 0 Å². The number of pyridine rings is 1. The Kier molecular flexibility index (Phi) is 6.09. The van der Waals surface area contributed by atoms with Crippen LogP contribution in [0.3, 0.4) is 0 Å². The van der Waals surface area contributed by atoms with Gasteiger partial charge in [0.2, 0.25) is 0 Å². The van der Waals surface area contributed by atoms with E-state index in [2.05, 4.69) is 30.1 Å². The van der Waals surface area contributed by atoms with Crippen molar-refractivity contribution in [2.75, 3.05) is 26.2 Å². The van der Waals surface area contributed by atoms with Crippen LogP contribution in [0.25, 0.3) is 11.1 Å². The van der Waals surface area contributed by atoms with Gasteiger partial charge in [-0.3, -0.25) is 9.59 Å². The molecule has 1 N–H and O–H groups in total.